The molecule has 0 fully saturated rings. The van der Waals surface area contributed by atoms with E-state index < -0.39 is 0 Å². The normalized spacial score (nSPS) is 10.3. The zero-order valence-corrected chi connectivity index (χ0v) is 9.64. The molecule has 78 valence electrons. The van der Waals surface area contributed by atoms with Crippen LogP contribution in [0, 0.1) is 0 Å². The fourth-order valence-electron chi connectivity index (χ4n) is 1.05. The van der Waals surface area contributed by atoms with Crippen molar-refractivity contribution >= 4 is 21.7 Å². The fourth-order valence-corrected chi connectivity index (χ4v) is 1.26. The summed E-state index contributed by atoms with van der Waals surface area (Å²) in [5, 5.41) is 7.06. The van der Waals surface area contributed by atoms with Crippen molar-refractivity contribution in [2.24, 2.45) is 7.05 Å². The van der Waals surface area contributed by atoms with Gasteiger partial charge in [0.1, 0.15) is 22.6 Å². The highest BCUT2D eigenvalue weighted by Gasteiger charge is 2.00. The Morgan fingerprint density at radius 1 is 1.33 bits per heavy atom. The molecule has 0 bridgehead atoms. The van der Waals surface area contributed by atoms with E-state index in [4.69, 9.17) is 0 Å². The van der Waals surface area contributed by atoms with Gasteiger partial charge in [0.05, 0.1) is 18.9 Å². The molecule has 2 heterocycles. The molecule has 0 saturated heterocycles. The Balaban J connectivity index is 1.99. The second-order valence-electron chi connectivity index (χ2n) is 2.88. The van der Waals surface area contributed by atoms with E-state index in [0.717, 1.165) is 5.82 Å². The molecule has 0 aliphatic heterocycles. The second-order valence-corrected chi connectivity index (χ2v) is 3.69. The first-order valence-electron chi connectivity index (χ1n) is 4.30. The number of halogens is 1. The van der Waals surface area contributed by atoms with Crippen LogP contribution in [-0.4, -0.2) is 24.7 Å². The monoisotopic (exact) mass is 268 g/mol. The highest BCUT2D eigenvalue weighted by atomic mass is 79.9. The molecule has 1 N–H and O–H groups in total. The Morgan fingerprint density at radius 2 is 2.20 bits per heavy atom. The Labute approximate surface area is 94.9 Å². The minimum Gasteiger partial charge on any atom is -0.362 e. The molecule has 0 aliphatic carbocycles. The van der Waals surface area contributed by atoms with Crippen molar-refractivity contribution in [2.75, 3.05) is 5.32 Å². The van der Waals surface area contributed by atoms with E-state index in [1.165, 1.54) is 6.33 Å². The SMILES string of the molecule is Cn1ncnc1CNc1cnc(Br)cn1. The van der Waals surface area contributed by atoms with Crippen LogP contribution in [0.5, 0.6) is 0 Å². The van der Waals surface area contributed by atoms with Crippen molar-refractivity contribution in [1.29, 1.82) is 0 Å². The predicted molar refractivity (Wildman–Crippen MR) is 58.1 cm³/mol. The van der Waals surface area contributed by atoms with Crippen LogP contribution in [0.1, 0.15) is 5.82 Å². The summed E-state index contributed by atoms with van der Waals surface area (Å²) >= 11 is 3.22. The first-order valence-corrected chi connectivity index (χ1v) is 5.09. The van der Waals surface area contributed by atoms with Gasteiger partial charge >= 0.3 is 0 Å². The maximum atomic E-state index is 4.13. The summed E-state index contributed by atoms with van der Waals surface area (Å²) in [6.45, 7) is 0.576. The smallest absolute Gasteiger partial charge is 0.145 e. The first-order chi connectivity index (χ1) is 7.25. The summed E-state index contributed by atoms with van der Waals surface area (Å²) in [7, 11) is 1.84. The lowest BCUT2D eigenvalue weighted by molar-refractivity contribution is 0.711. The van der Waals surface area contributed by atoms with Gasteiger partial charge < -0.3 is 5.32 Å². The molecule has 2 aromatic rings. The molecule has 2 aromatic heterocycles. The van der Waals surface area contributed by atoms with Crippen molar-refractivity contribution in [2.45, 2.75) is 6.54 Å². The highest BCUT2D eigenvalue weighted by Crippen LogP contribution is 2.06. The van der Waals surface area contributed by atoms with Crippen LogP contribution < -0.4 is 5.32 Å². The quantitative estimate of drug-likeness (QED) is 0.899. The molecule has 0 saturated carbocycles. The van der Waals surface area contributed by atoms with Crippen LogP contribution in [0.4, 0.5) is 5.82 Å². The number of anilines is 1. The van der Waals surface area contributed by atoms with Crippen LogP contribution in [0.15, 0.2) is 23.3 Å². The van der Waals surface area contributed by atoms with Gasteiger partial charge in [0.2, 0.25) is 0 Å². The number of hydrogen-bond acceptors (Lipinski definition) is 5. The Kier molecular flexibility index (Phi) is 2.91. The lowest BCUT2D eigenvalue weighted by Gasteiger charge is -2.03. The number of nitrogens with zero attached hydrogens (tertiary/aromatic N) is 5. The second kappa shape index (κ2) is 4.35. The third-order valence-corrected chi connectivity index (χ3v) is 2.26. The Bertz CT molecular complexity index is 437. The summed E-state index contributed by atoms with van der Waals surface area (Å²) in [6, 6.07) is 0. The van der Waals surface area contributed by atoms with Gasteiger partial charge in [-0.05, 0) is 15.9 Å². The van der Waals surface area contributed by atoms with E-state index in [1.807, 2.05) is 7.05 Å². The van der Waals surface area contributed by atoms with Gasteiger partial charge in [-0.25, -0.2) is 15.0 Å². The molecule has 0 radical (unpaired) electrons. The van der Waals surface area contributed by atoms with E-state index in [9.17, 15) is 0 Å². The minimum absolute atomic E-state index is 0.576. The van der Waals surface area contributed by atoms with E-state index in [-0.39, 0.29) is 0 Å². The molecule has 0 aromatic carbocycles. The molecule has 15 heavy (non-hydrogen) atoms. The molecule has 2 rings (SSSR count). The number of rotatable bonds is 3. The van der Waals surface area contributed by atoms with Crippen molar-refractivity contribution in [1.82, 2.24) is 24.7 Å². The first kappa shape index (κ1) is 10.0. The summed E-state index contributed by atoms with van der Waals surface area (Å²) in [6.07, 6.45) is 4.81. The Morgan fingerprint density at radius 3 is 2.80 bits per heavy atom. The van der Waals surface area contributed by atoms with Crippen LogP contribution in [0.2, 0.25) is 0 Å². The van der Waals surface area contributed by atoms with Gasteiger partial charge in [0.25, 0.3) is 0 Å². The number of aromatic nitrogens is 5. The van der Waals surface area contributed by atoms with Gasteiger partial charge in [-0.2, -0.15) is 5.10 Å². The van der Waals surface area contributed by atoms with Gasteiger partial charge in [-0.1, -0.05) is 0 Å². The van der Waals surface area contributed by atoms with Gasteiger partial charge in [-0.3, -0.25) is 4.68 Å². The topological polar surface area (TPSA) is 68.5 Å². The molecule has 7 heteroatoms. The molecule has 0 atom stereocenters. The van der Waals surface area contributed by atoms with Gasteiger partial charge in [0.15, 0.2) is 0 Å². The largest absolute Gasteiger partial charge is 0.362 e. The van der Waals surface area contributed by atoms with Crippen molar-refractivity contribution in [3.63, 3.8) is 0 Å². The third kappa shape index (κ3) is 2.50. The highest BCUT2D eigenvalue weighted by molar-refractivity contribution is 9.10. The van der Waals surface area contributed by atoms with Gasteiger partial charge in [-0.15, -0.1) is 0 Å². The predicted octanol–water partition coefficient (Wildman–Crippen LogP) is 0.980. The number of nitrogens with one attached hydrogen (secondary N) is 1. The maximum absolute atomic E-state index is 4.13. The molecule has 0 aliphatic rings. The van der Waals surface area contributed by atoms with Crippen molar-refractivity contribution < 1.29 is 0 Å². The summed E-state index contributed by atoms with van der Waals surface area (Å²) in [5.41, 5.74) is 0. The van der Waals surface area contributed by atoms with Crippen LogP contribution in [-0.2, 0) is 13.6 Å². The number of hydrogen-bond donors (Lipinski definition) is 1. The van der Waals surface area contributed by atoms with Crippen LogP contribution in [0.3, 0.4) is 0 Å². The maximum Gasteiger partial charge on any atom is 0.145 e. The zero-order chi connectivity index (χ0) is 10.7. The van der Waals surface area contributed by atoms with E-state index >= 15 is 0 Å². The van der Waals surface area contributed by atoms with Crippen molar-refractivity contribution in [3.05, 3.63) is 29.1 Å². The molecule has 6 nitrogen and oxygen atoms in total. The van der Waals surface area contributed by atoms with E-state index in [1.54, 1.807) is 17.1 Å². The van der Waals surface area contributed by atoms with E-state index in [0.29, 0.717) is 17.0 Å². The fraction of sp³-hybridized carbons (Fsp3) is 0.250. The molecule has 0 amide bonds. The van der Waals surface area contributed by atoms with Gasteiger partial charge in [0, 0.05) is 7.05 Å². The standard InChI is InChI=1S/C8H9BrN6/c1-15-8(13-5-14-15)4-12-7-3-10-6(9)2-11-7/h2-3,5H,4H2,1H3,(H,11,12). The minimum atomic E-state index is 0.576. The average Bonchev–Trinajstić information content (AvgIpc) is 2.63. The molecular formula is C8H9BrN6. The number of aryl methyl sites for hydroxylation is 1. The molecule has 0 spiro atoms. The summed E-state index contributed by atoms with van der Waals surface area (Å²) < 4.78 is 2.42. The van der Waals surface area contributed by atoms with E-state index in [2.05, 4.69) is 41.3 Å². The zero-order valence-electron chi connectivity index (χ0n) is 8.05. The molecular weight excluding hydrogens is 260 g/mol. The Hall–Kier alpha value is -1.50. The lowest BCUT2D eigenvalue weighted by Crippen LogP contribution is -2.07. The summed E-state index contributed by atoms with van der Waals surface area (Å²) in [5.74, 6) is 1.56. The average molecular weight is 269 g/mol. The summed E-state index contributed by atoms with van der Waals surface area (Å²) in [4.78, 5) is 12.3. The third-order valence-electron chi connectivity index (χ3n) is 1.85. The van der Waals surface area contributed by atoms with Crippen molar-refractivity contribution in [3.8, 4) is 0 Å². The van der Waals surface area contributed by atoms with Crippen LogP contribution >= 0.6 is 15.9 Å². The van der Waals surface area contributed by atoms with Crippen LogP contribution in [0.25, 0.3) is 0 Å². The lowest BCUT2D eigenvalue weighted by atomic mass is 10.5. The molecule has 0 unspecified atom stereocenters.